The van der Waals surface area contributed by atoms with Crippen molar-refractivity contribution in [3.63, 3.8) is 0 Å². The Labute approximate surface area is 743 Å². The van der Waals surface area contributed by atoms with E-state index in [1.165, 1.54) is 112 Å². The van der Waals surface area contributed by atoms with Crippen LogP contribution in [0.25, 0.3) is 35.4 Å². The van der Waals surface area contributed by atoms with Crippen molar-refractivity contribution < 1.29 is 116 Å². The fourth-order valence-corrected chi connectivity index (χ4v) is 17.1. The standard InChI is InChI=1S/C25H25F3N2O3.C24H25F3N2O5.C24H27F3N2O3.C24H26F3NO3/c1-13-7-16-10-21-20(29-14(2)33-21)11-17(16)24(30(13)12-25(3,4)28)23-18(26)8-15(9-19(23)27)5-6-22(31)32;1-13-7-15-10-20(30)19(29(32)33)11-16(15)23(28(13)12-24(2,3)27)22-17(25)8-14(9-18(22)26)5-6-21(31)34-4;1-13-7-15-10-20(30)19(28)11-16(15)23(29(13)12-24(2,3)27)22-17(25)8-14(9-18(22)26)5-6-21(31)32-4;1-14-9-16-12-17(29)6-7-18(16)23(28(14)13-24(2,3)27)22-19(25)10-15(11-20(22)26)5-8-21(30)31-4/h5-6,8-11,13,24H,7,12H2,1-4H3,(H,31,32);5-6,8-11,13,23,30H,7,12H2,1-4H3;5-6,8-11,13,23,30H,7,12,28H2,1-4H3;5-8,10-12,14,23,29H,9,13H2,1-4H3/b3*6-5+;8-5+. The van der Waals surface area contributed by atoms with Crippen molar-refractivity contribution in [3.8, 4) is 17.2 Å². The van der Waals surface area contributed by atoms with Crippen molar-refractivity contribution in [1.29, 1.82) is 0 Å². The van der Waals surface area contributed by atoms with Gasteiger partial charge in [-0.15, -0.1) is 0 Å². The highest BCUT2D eigenvalue weighted by Crippen LogP contribution is 2.50. The number of nitro benzene ring substituents is 1. The van der Waals surface area contributed by atoms with Gasteiger partial charge in [0.05, 0.1) is 56.1 Å². The molecule has 0 radical (unpaired) electrons. The number of anilines is 1. The van der Waals surface area contributed by atoms with Gasteiger partial charge in [0.1, 0.15) is 86.2 Å². The summed E-state index contributed by atoms with van der Waals surface area (Å²) < 4.78 is 201. The number of nitrogens with two attached hydrogens (primary N) is 1. The molecule has 4 aliphatic rings. The summed E-state index contributed by atoms with van der Waals surface area (Å²) in [7, 11) is 3.57. The zero-order valence-electron chi connectivity index (χ0n) is 74.4. The number of alkyl halides is 4. The van der Waals surface area contributed by atoms with Crippen molar-refractivity contribution in [2.75, 3.05) is 53.2 Å². The topological polar surface area (TPSA) is 285 Å². The summed E-state index contributed by atoms with van der Waals surface area (Å²) in [6.07, 6.45) is 10.6. The number of carbonyl (C=O) groups is 4. The van der Waals surface area contributed by atoms with Crippen LogP contribution in [-0.2, 0) is 59.1 Å². The summed E-state index contributed by atoms with van der Waals surface area (Å²) in [6.45, 7) is 20.0. The van der Waals surface area contributed by atoms with Gasteiger partial charge in [-0.3, -0.25) is 29.7 Å². The number of aryl methyl sites for hydroxylation is 1. The lowest BCUT2D eigenvalue weighted by molar-refractivity contribution is -0.386. The number of carboxylic acid groups (broad SMARTS) is 1. The molecule has 6 N–H and O–H groups in total. The molecule has 33 heteroatoms. The molecule has 4 aliphatic heterocycles. The van der Waals surface area contributed by atoms with Gasteiger partial charge >= 0.3 is 29.6 Å². The molecule has 130 heavy (non-hydrogen) atoms. The molecular weight excluding hydrogens is 1720 g/mol. The van der Waals surface area contributed by atoms with Gasteiger partial charge in [0.15, 0.2) is 17.2 Å². The Morgan fingerprint density at radius 3 is 1.06 bits per heavy atom. The molecular formula is C97H103F12N7O14. The van der Waals surface area contributed by atoms with E-state index in [1.54, 1.807) is 51.6 Å². The van der Waals surface area contributed by atoms with Crippen LogP contribution < -0.4 is 5.73 Å². The van der Waals surface area contributed by atoms with Crippen molar-refractivity contribution in [3.05, 3.63) is 279 Å². The smallest absolute Gasteiger partial charge is 0.330 e. The second kappa shape index (κ2) is 40.4. The van der Waals surface area contributed by atoms with Crippen LogP contribution in [0.1, 0.15) is 202 Å². The van der Waals surface area contributed by atoms with Gasteiger partial charge in [0.2, 0.25) is 0 Å². The van der Waals surface area contributed by atoms with E-state index in [2.05, 4.69) is 19.2 Å². The highest BCUT2D eigenvalue weighted by atomic mass is 19.2. The number of phenols is 3. The van der Waals surface area contributed by atoms with Gasteiger partial charge in [-0.1, -0.05) is 6.07 Å². The van der Waals surface area contributed by atoms with E-state index in [4.69, 9.17) is 15.3 Å². The first-order valence-corrected chi connectivity index (χ1v) is 41.4. The van der Waals surface area contributed by atoms with Crippen molar-refractivity contribution >= 4 is 70.7 Å². The normalized spacial score (nSPS) is 19.2. The van der Waals surface area contributed by atoms with Gasteiger partial charge < -0.3 is 44.8 Å². The number of aliphatic carboxylic acids is 1. The third-order valence-corrected chi connectivity index (χ3v) is 22.4. The Morgan fingerprint density at radius 2 is 0.746 bits per heavy atom. The number of carbonyl (C=O) groups excluding carboxylic acids is 3. The molecule has 694 valence electrons. The minimum atomic E-state index is -1.73. The van der Waals surface area contributed by atoms with Crippen LogP contribution in [0.2, 0.25) is 0 Å². The molecule has 8 unspecified atom stereocenters. The maximum Gasteiger partial charge on any atom is 0.330 e. The Bertz CT molecular complexity index is 5820. The van der Waals surface area contributed by atoms with Gasteiger partial charge in [0, 0.05) is 110 Å². The van der Waals surface area contributed by atoms with Crippen LogP contribution in [0.3, 0.4) is 0 Å². The number of nitrogens with zero attached hydrogens (tertiary/aromatic N) is 6. The van der Waals surface area contributed by atoms with Crippen molar-refractivity contribution in [2.24, 2.45) is 0 Å². The number of aromatic nitrogens is 1. The summed E-state index contributed by atoms with van der Waals surface area (Å²) in [5.74, 6) is -10.2. The number of nitro groups is 1. The molecule has 1 aromatic heterocycles. The van der Waals surface area contributed by atoms with Crippen LogP contribution >= 0.6 is 0 Å². The number of esters is 3. The molecule has 0 bridgehead atoms. The summed E-state index contributed by atoms with van der Waals surface area (Å²) in [6, 6.07) is 17.3. The van der Waals surface area contributed by atoms with Gasteiger partial charge in [-0.25, -0.2) is 76.8 Å². The van der Waals surface area contributed by atoms with E-state index >= 15 is 35.1 Å². The molecule has 21 nitrogen and oxygen atoms in total. The lowest BCUT2D eigenvalue weighted by Crippen LogP contribution is -2.48. The first-order chi connectivity index (χ1) is 60.6. The third-order valence-electron chi connectivity index (χ3n) is 22.4. The van der Waals surface area contributed by atoms with Crippen LogP contribution in [0, 0.1) is 63.6 Å². The zero-order chi connectivity index (χ0) is 96.2. The fraction of sp³-hybridized carbons (Fsp3) is 0.371. The van der Waals surface area contributed by atoms with E-state index in [0.29, 0.717) is 64.1 Å². The van der Waals surface area contributed by atoms with E-state index in [0.717, 1.165) is 103 Å². The fourth-order valence-electron chi connectivity index (χ4n) is 17.1. The minimum absolute atomic E-state index is 0.0258. The maximum atomic E-state index is 15.4. The number of rotatable bonds is 21. The average Bonchev–Trinajstić information content (AvgIpc) is 1.65. The van der Waals surface area contributed by atoms with Crippen LogP contribution in [0.15, 0.2) is 132 Å². The molecule has 13 rings (SSSR count). The maximum absolute atomic E-state index is 15.4. The van der Waals surface area contributed by atoms with Gasteiger partial charge in [0.25, 0.3) is 0 Å². The van der Waals surface area contributed by atoms with Crippen LogP contribution in [0.5, 0.6) is 17.2 Å². The van der Waals surface area contributed by atoms with Crippen molar-refractivity contribution in [2.45, 2.75) is 187 Å². The van der Waals surface area contributed by atoms with Gasteiger partial charge in [-0.05, 0) is 291 Å². The SMILES string of the molecule is COC(=O)/C=C/c1cc(F)c(C2c3cc(N)c(O)cc3CC(C)N2CC(C)(C)F)c(F)c1.COC(=O)/C=C/c1cc(F)c(C2c3cc([N+](=O)[O-])c(O)cc3CC(C)N2CC(C)(C)F)c(F)c1.COC(=O)/C=C/c1cc(F)c(C2c3ccc(O)cc3CC(C)N2CC(C)(C)F)c(F)c1.Cc1nc2cc3c(cc2o1)CC(C)N(CC(C)(C)F)C3c1c(F)cc(/C=C/C(=O)O)cc1F. The molecule has 0 saturated heterocycles. The van der Waals surface area contributed by atoms with Crippen molar-refractivity contribution in [1.82, 2.24) is 24.6 Å². The number of hydrogen-bond donors (Lipinski definition) is 5. The van der Waals surface area contributed by atoms with E-state index in [1.807, 2.05) is 26.8 Å². The number of ether oxygens (including phenoxy) is 3. The van der Waals surface area contributed by atoms with Crippen LogP contribution in [-0.4, -0.2) is 168 Å². The molecule has 8 aromatic carbocycles. The highest BCUT2D eigenvalue weighted by molar-refractivity contribution is 5.88. The largest absolute Gasteiger partial charge is 0.508 e. The zero-order valence-corrected chi connectivity index (χ0v) is 74.4. The van der Waals surface area contributed by atoms with E-state index in [-0.39, 0.29) is 112 Å². The predicted octanol–water partition coefficient (Wildman–Crippen LogP) is 19.9. The lowest BCUT2D eigenvalue weighted by Gasteiger charge is -2.44. The molecule has 0 amide bonds. The summed E-state index contributed by atoms with van der Waals surface area (Å²) in [5, 5.41) is 50.3. The molecule has 0 saturated carbocycles. The number of benzene rings is 8. The highest BCUT2D eigenvalue weighted by Gasteiger charge is 2.46. The molecule has 0 spiro atoms. The summed E-state index contributed by atoms with van der Waals surface area (Å²) in [5.41, 5.74) is 4.11. The van der Waals surface area contributed by atoms with E-state index in [9.17, 15) is 62.2 Å². The second-order valence-electron chi connectivity index (χ2n) is 35.3. The van der Waals surface area contributed by atoms with E-state index < -0.39 is 145 Å². The number of phenolic OH excluding ortho intramolecular Hbond substituents is 3. The number of nitrogen functional groups attached to an aromatic ring is 1. The Morgan fingerprint density at radius 1 is 0.454 bits per heavy atom. The number of oxazole rings is 1. The summed E-state index contributed by atoms with van der Waals surface area (Å²) >= 11 is 0. The first-order valence-electron chi connectivity index (χ1n) is 41.4. The molecule has 8 atom stereocenters. The quantitative estimate of drug-likeness (QED) is 0.00653. The Hall–Kier alpha value is -12.3. The average molecular weight is 1820 g/mol. The number of hydrogen-bond acceptors (Lipinski definition) is 19. The van der Waals surface area contributed by atoms with Gasteiger partial charge in [-0.2, -0.15) is 0 Å². The number of methoxy groups -OCH3 is 3. The number of aromatic hydroxyl groups is 3. The number of carboxylic acids is 1. The third kappa shape index (κ3) is 24.2. The minimum Gasteiger partial charge on any atom is -0.508 e. The molecule has 9 aromatic rings. The molecule has 0 fully saturated rings. The monoisotopic (exact) mass is 1820 g/mol. The number of halogens is 12. The molecule has 5 heterocycles. The second-order valence-corrected chi connectivity index (χ2v) is 35.3. The molecule has 0 aliphatic carbocycles. The lowest BCUT2D eigenvalue weighted by atomic mass is 9.83. The summed E-state index contributed by atoms with van der Waals surface area (Å²) in [4.78, 5) is 66.5. The predicted molar refractivity (Wildman–Crippen MR) is 467 cm³/mol. The van der Waals surface area contributed by atoms with Crippen LogP contribution in [0.4, 0.5) is 64.1 Å². The first kappa shape index (κ1) is 99.8. The number of fused-ring (bicyclic) bond motifs is 5. The Kier molecular flexibility index (Phi) is 31.0. The Balaban J connectivity index is 0.000000180.